The van der Waals surface area contributed by atoms with E-state index in [1.54, 1.807) is 30.3 Å². The lowest BCUT2D eigenvalue weighted by molar-refractivity contribution is -0.122. The van der Waals surface area contributed by atoms with Gasteiger partial charge < -0.3 is 10.1 Å². The molecule has 1 N–H and O–H groups in total. The molecule has 1 aliphatic carbocycles. The highest BCUT2D eigenvalue weighted by atomic mass is 35.5. The molecule has 1 fully saturated rings. The van der Waals surface area contributed by atoms with Gasteiger partial charge in [0.25, 0.3) is 0 Å². The van der Waals surface area contributed by atoms with Crippen molar-refractivity contribution in [3.05, 3.63) is 57.6 Å². The molecule has 0 spiro atoms. The van der Waals surface area contributed by atoms with Crippen LogP contribution in [0.5, 0.6) is 5.75 Å². The van der Waals surface area contributed by atoms with Crippen molar-refractivity contribution in [1.29, 1.82) is 5.26 Å². The number of nitrogens with zero attached hydrogens (tertiary/aromatic N) is 1. The lowest BCUT2D eigenvalue weighted by atomic mass is 9.68. The van der Waals surface area contributed by atoms with E-state index in [2.05, 4.69) is 11.4 Å². The van der Waals surface area contributed by atoms with Gasteiger partial charge in [-0.1, -0.05) is 48.5 Å². The summed E-state index contributed by atoms with van der Waals surface area (Å²) in [4.78, 5) is 13.5. The van der Waals surface area contributed by atoms with Gasteiger partial charge in [0, 0.05) is 10.0 Å². The topological polar surface area (TPSA) is 62.1 Å². The summed E-state index contributed by atoms with van der Waals surface area (Å²) in [6.07, 6.45) is 4.40. The van der Waals surface area contributed by atoms with Gasteiger partial charge in [0.15, 0.2) is 0 Å². The van der Waals surface area contributed by atoms with Gasteiger partial charge in [-0.15, -0.1) is 0 Å². The van der Waals surface area contributed by atoms with Crippen molar-refractivity contribution < 1.29 is 9.53 Å². The molecular formula is C22H22Cl2N2O2. The Morgan fingerprint density at radius 1 is 1.18 bits per heavy atom. The second kappa shape index (κ2) is 8.86. The largest absolute Gasteiger partial charge is 0.494 e. The molecule has 2 aromatic rings. The van der Waals surface area contributed by atoms with E-state index in [0.29, 0.717) is 46.5 Å². The van der Waals surface area contributed by atoms with Crippen LogP contribution >= 0.6 is 23.2 Å². The van der Waals surface area contributed by atoms with Crippen molar-refractivity contribution in [3.63, 3.8) is 0 Å². The molecule has 2 aromatic carbocycles. The Morgan fingerprint density at radius 2 is 1.93 bits per heavy atom. The molecule has 0 aliphatic heterocycles. The summed E-state index contributed by atoms with van der Waals surface area (Å²) in [7, 11) is 0. The van der Waals surface area contributed by atoms with Crippen LogP contribution in [0.4, 0.5) is 5.69 Å². The van der Waals surface area contributed by atoms with E-state index in [1.165, 1.54) is 0 Å². The Hall–Kier alpha value is -2.22. The lowest BCUT2D eigenvalue weighted by Crippen LogP contribution is -2.42. The van der Waals surface area contributed by atoms with E-state index in [1.807, 2.05) is 13.0 Å². The Morgan fingerprint density at radius 3 is 2.57 bits per heavy atom. The molecule has 0 atom stereocenters. The summed E-state index contributed by atoms with van der Waals surface area (Å²) in [5.74, 6) is 0.460. The first-order valence-corrected chi connectivity index (χ1v) is 10.2. The zero-order valence-electron chi connectivity index (χ0n) is 15.7. The van der Waals surface area contributed by atoms with E-state index in [-0.39, 0.29) is 5.91 Å². The first kappa shape index (κ1) is 20.5. The number of halogens is 2. The fourth-order valence-electron chi connectivity index (χ4n) is 3.87. The monoisotopic (exact) mass is 416 g/mol. The summed E-state index contributed by atoms with van der Waals surface area (Å²) in [6, 6.07) is 12.5. The average molecular weight is 417 g/mol. The molecule has 146 valence electrons. The van der Waals surface area contributed by atoms with Crippen molar-refractivity contribution in [1.82, 2.24) is 0 Å². The van der Waals surface area contributed by atoms with Crippen molar-refractivity contribution in [2.24, 2.45) is 0 Å². The summed E-state index contributed by atoms with van der Waals surface area (Å²) >= 11 is 12.5. The van der Waals surface area contributed by atoms with Gasteiger partial charge in [-0.3, -0.25) is 4.79 Å². The molecule has 0 radical (unpaired) electrons. The number of hydrogen-bond acceptors (Lipinski definition) is 3. The highest BCUT2D eigenvalue weighted by Gasteiger charge is 2.42. The second-order valence-corrected chi connectivity index (χ2v) is 7.82. The minimum atomic E-state index is -0.731. The van der Waals surface area contributed by atoms with Crippen LogP contribution in [0, 0.1) is 11.3 Å². The zero-order valence-corrected chi connectivity index (χ0v) is 17.2. The van der Waals surface area contributed by atoms with Gasteiger partial charge in [-0.05, 0) is 55.7 Å². The Bertz CT molecular complexity index is 915. The maximum absolute atomic E-state index is 13.5. The SMILES string of the molecule is CCOc1ccc(NC(=O)C2(c3ccc(Cl)cc3Cl)CCCCC2)c(C#N)c1. The predicted molar refractivity (Wildman–Crippen MR) is 112 cm³/mol. The molecular weight excluding hydrogens is 395 g/mol. The number of anilines is 1. The van der Waals surface area contributed by atoms with Crippen molar-refractivity contribution >= 4 is 34.8 Å². The van der Waals surface area contributed by atoms with Crippen LogP contribution in [-0.2, 0) is 10.2 Å². The molecule has 0 bridgehead atoms. The van der Waals surface area contributed by atoms with Gasteiger partial charge in [0.1, 0.15) is 11.8 Å². The molecule has 1 amide bonds. The fourth-order valence-corrected chi connectivity index (χ4v) is 4.46. The summed E-state index contributed by atoms with van der Waals surface area (Å²) in [5, 5.41) is 13.5. The number of benzene rings is 2. The van der Waals surface area contributed by atoms with Gasteiger partial charge in [-0.2, -0.15) is 5.26 Å². The number of carbonyl (C=O) groups excluding carboxylic acids is 1. The number of ether oxygens (including phenoxy) is 1. The minimum absolute atomic E-state index is 0.142. The van der Waals surface area contributed by atoms with Crippen LogP contribution in [0.2, 0.25) is 10.0 Å². The molecule has 28 heavy (non-hydrogen) atoms. The number of nitriles is 1. The third-order valence-corrected chi connectivity index (χ3v) is 5.81. The normalized spacial score (nSPS) is 15.5. The first-order valence-electron chi connectivity index (χ1n) is 9.44. The number of hydrogen-bond donors (Lipinski definition) is 1. The summed E-state index contributed by atoms with van der Waals surface area (Å²) < 4.78 is 5.45. The van der Waals surface area contributed by atoms with E-state index < -0.39 is 5.41 Å². The lowest BCUT2D eigenvalue weighted by Gasteiger charge is -2.37. The Labute approximate surface area is 175 Å². The van der Waals surface area contributed by atoms with Crippen LogP contribution < -0.4 is 10.1 Å². The summed E-state index contributed by atoms with van der Waals surface area (Å²) in [5.41, 5.74) is 0.907. The number of nitrogens with one attached hydrogen (secondary N) is 1. The van der Waals surface area contributed by atoms with Crippen LogP contribution in [0.15, 0.2) is 36.4 Å². The van der Waals surface area contributed by atoms with Crippen molar-refractivity contribution in [3.8, 4) is 11.8 Å². The highest BCUT2D eigenvalue weighted by Crippen LogP contribution is 2.44. The molecule has 0 aromatic heterocycles. The van der Waals surface area contributed by atoms with Crippen LogP contribution in [-0.4, -0.2) is 12.5 Å². The first-order chi connectivity index (χ1) is 13.5. The van der Waals surface area contributed by atoms with Gasteiger partial charge in [0.2, 0.25) is 5.91 Å². The Kier molecular flexibility index (Phi) is 6.49. The van der Waals surface area contributed by atoms with E-state index in [9.17, 15) is 10.1 Å². The maximum Gasteiger partial charge on any atom is 0.235 e. The van der Waals surface area contributed by atoms with Crippen LogP contribution in [0.25, 0.3) is 0 Å². The van der Waals surface area contributed by atoms with E-state index >= 15 is 0 Å². The van der Waals surface area contributed by atoms with Crippen LogP contribution in [0.1, 0.15) is 50.2 Å². The second-order valence-electron chi connectivity index (χ2n) is 6.97. The molecule has 4 nitrogen and oxygen atoms in total. The van der Waals surface area contributed by atoms with E-state index in [4.69, 9.17) is 27.9 Å². The molecule has 6 heteroatoms. The number of amides is 1. The molecule has 3 rings (SSSR count). The minimum Gasteiger partial charge on any atom is -0.494 e. The van der Waals surface area contributed by atoms with Crippen molar-refractivity contribution in [2.45, 2.75) is 44.4 Å². The predicted octanol–water partition coefficient (Wildman–Crippen LogP) is 6.10. The fraction of sp³-hybridized carbons (Fsp3) is 0.364. The summed E-state index contributed by atoms with van der Waals surface area (Å²) in [6.45, 7) is 2.39. The third-order valence-electron chi connectivity index (χ3n) is 5.26. The van der Waals surface area contributed by atoms with Gasteiger partial charge in [0.05, 0.1) is 23.3 Å². The zero-order chi connectivity index (χ0) is 20.1. The quantitative estimate of drug-likeness (QED) is 0.639. The molecule has 1 saturated carbocycles. The Balaban J connectivity index is 1.96. The number of carbonyl (C=O) groups is 1. The third kappa shape index (κ3) is 4.11. The van der Waals surface area contributed by atoms with Crippen molar-refractivity contribution in [2.75, 3.05) is 11.9 Å². The molecule has 0 heterocycles. The van der Waals surface area contributed by atoms with E-state index in [0.717, 1.165) is 24.8 Å². The average Bonchev–Trinajstić information content (AvgIpc) is 2.69. The van der Waals surface area contributed by atoms with Crippen LogP contribution in [0.3, 0.4) is 0 Å². The van der Waals surface area contributed by atoms with Gasteiger partial charge in [-0.25, -0.2) is 0 Å². The molecule has 0 unspecified atom stereocenters. The highest BCUT2D eigenvalue weighted by molar-refractivity contribution is 6.35. The molecule has 1 aliphatic rings. The smallest absolute Gasteiger partial charge is 0.235 e. The molecule has 0 saturated heterocycles. The van der Waals surface area contributed by atoms with Gasteiger partial charge >= 0.3 is 0 Å². The standard InChI is InChI=1S/C22H22Cl2N2O2/c1-2-28-17-7-9-20(15(12-17)14-25)26-21(27)22(10-4-3-5-11-22)18-8-6-16(23)13-19(18)24/h6-9,12-13H,2-5,10-11H2,1H3,(H,26,27). The maximum atomic E-state index is 13.5. The number of rotatable bonds is 5.